The summed E-state index contributed by atoms with van der Waals surface area (Å²) in [5.41, 5.74) is 3.52. The molecular formula is C15H13ClN2O2S. The lowest BCUT2D eigenvalue weighted by atomic mass is 10.1. The Morgan fingerprint density at radius 1 is 1.33 bits per heavy atom. The van der Waals surface area contributed by atoms with Crippen molar-refractivity contribution < 1.29 is 9.90 Å². The van der Waals surface area contributed by atoms with Crippen molar-refractivity contribution in [3.8, 4) is 11.3 Å². The second-order valence-corrected chi connectivity index (χ2v) is 6.53. The minimum Gasteiger partial charge on any atom is -0.477 e. The quantitative estimate of drug-likeness (QED) is 0.764. The summed E-state index contributed by atoms with van der Waals surface area (Å²) in [6, 6.07) is 5.71. The molecule has 0 aliphatic rings. The molecule has 1 aromatic carbocycles. The van der Waals surface area contributed by atoms with Gasteiger partial charge in [0, 0.05) is 15.5 Å². The van der Waals surface area contributed by atoms with Gasteiger partial charge in [-0.05, 0) is 38.5 Å². The molecule has 0 radical (unpaired) electrons. The van der Waals surface area contributed by atoms with Crippen LogP contribution in [0.1, 0.15) is 26.6 Å². The lowest BCUT2D eigenvalue weighted by Gasteiger charge is -2.06. The van der Waals surface area contributed by atoms with Gasteiger partial charge in [-0.1, -0.05) is 17.7 Å². The number of carboxylic acid groups (broad SMARTS) is 1. The smallest absolute Gasteiger partial charge is 0.354 e. The Morgan fingerprint density at radius 3 is 2.67 bits per heavy atom. The number of aromatic carboxylic acids is 1. The third kappa shape index (κ3) is 2.13. The summed E-state index contributed by atoms with van der Waals surface area (Å²) in [4.78, 5) is 17.6. The molecular weight excluding hydrogens is 308 g/mol. The summed E-state index contributed by atoms with van der Waals surface area (Å²) in [6.07, 6.45) is 0. The second-order valence-electron chi connectivity index (χ2n) is 4.94. The number of rotatable bonds is 2. The highest BCUT2D eigenvalue weighted by atomic mass is 35.5. The number of imidazole rings is 1. The average molecular weight is 321 g/mol. The molecule has 2 heterocycles. The van der Waals surface area contributed by atoms with Crippen molar-refractivity contribution >= 4 is 33.9 Å². The molecule has 0 unspecified atom stereocenters. The van der Waals surface area contributed by atoms with E-state index in [1.54, 1.807) is 11.3 Å². The molecule has 0 amide bonds. The van der Waals surface area contributed by atoms with Gasteiger partial charge in [-0.2, -0.15) is 0 Å². The maximum absolute atomic E-state index is 11.5. The second kappa shape index (κ2) is 4.86. The van der Waals surface area contributed by atoms with Gasteiger partial charge in [0.15, 0.2) is 10.7 Å². The van der Waals surface area contributed by atoms with E-state index in [9.17, 15) is 9.90 Å². The fourth-order valence-electron chi connectivity index (χ4n) is 2.50. The number of nitrogens with zero attached hydrogens (tertiary/aromatic N) is 2. The molecule has 0 aliphatic heterocycles. The van der Waals surface area contributed by atoms with Crippen molar-refractivity contribution in [3.05, 3.63) is 45.1 Å². The average Bonchev–Trinajstić information content (AvgIpc) is 2.85. The Bertz CT molecular complexity index is 880. The van der Waals surface area contributed by atoms with Crippen LogP contribution >= 0.6 is 22.9 Å². The van der Waals surface area contributed by atoms with E-state index in [0.29, 0.717) is 15.7 Å². The van der Waals surface area contributed by atoms with Crippen LogP contribution in [0.2, 0.25) is 5.02 Å². The highest BCUT2D eigenvalue weighted by Gasteiger charge is 2.22. The first kappa shape index (κ1) is 14.1. The van der Waals surface area contributed by atoms with Crippen molar-refractivity contribution in [2.24, 2.45) is 0 Å². The number of thiazole rings is 1. The van der Waals surface area contributed by atoms with E-state index in [1.807, 2.05) is 32.0 Å². The molecule has 0 aliphatic carbocycles. The maximum Gasteiger partial charge on any atom is 0.354 e. The van der Waals surface area contributed by atoms with Crippen molar-refractivity contribution in [1.29, 1.82) is 0 Å². The third-order valence-corrected chi connectivity index (χ3v) is 4.84. The van der Waals surface area contributed by atoms with Crippen LogP contribution in [0.3, 0.4) is 0 Å². The van der Waals surface area contributed by atoms with Crippen molar-refractivity contribution in [2.45, 2.75) is 20.8 Å². The lowest BCUT2D eigenvalue weighted by Crippen LogP contribution is -2.04. The van der Waals surface area contributed by atoms with Crippen LogP contribution in [-0.4, -0.2) is 20.5 Å². The van der Waals surface area contributed by atoms with E-state index in [-0.39, 0.29) is 5.69 Å². The van der Waals surface area contributed by atoms with Crippen LogP contribution in [0.25, 0.3) is 16.2 Å². The SMILES string of the molecule is Cc1cc(-c2c(C)sc3nc(C)c(C(=O)O)n23)ccc1Cl. The zero-order valence-corrected chi connectivity index (χ0v) is 13.3. The molecule has 21 heavy (non-hydrogen) atoms. The van der Waals surface area contributed by atoms with E-state index < -0.39 is 5.97 Å². The van der Waals surface area contributed by atoms with E-state index in [2.05, 4.69) is 4.98 Å². The Labute approximate surface area is 130 Å². The van der Waals surface area contributed by atoms with Crippen molar-refractivity contribution in [2.75, 3.05) is 0 Å². The molecule has 3 aromatic rings. The normalized spacial score (nSPS) is 11.2. The number of hydrogen-bond acceptors (Lipinski definition) is 3. The number of aromatic nitrogens is 2. The third-order valence-electron chi connectivity index (χ3n) is 3.46. The van der Waals surface area contributed by atoms with Crippen LogP contribution < -0.4 is 0 Å². The number of benzene rings is 1. The van der Waals surface area contributed by atoms with Gasteiger partial charge >= 0.3 is 5.97 Å². The van der Waals surface area contributed by atoms with Crippen LogP contribution in [0.5, 0.6) is 0 Å². The zero-order chi connectivity index (χ0) is 15.3. The van der Waals surface area contributed by atoms with Gasteiger partial charge in [0.1, 0.15) is 0 Å². The Hall–Kier alpha value is -1.85. The maximum atomic E-state index is 11.5. The van der Waals surface area contributed by atoms with Gasteiger partial charge in [0.2, 0.25) is 0 Å². The number of carbonyl (C=O) groups is 1. The number of carboxylic acids is 1. The van der Waals surface area contributed by atoms with Crippen molar-refractivity contribution in [1.82, 2.24) is 9.38 Å². The van der Waals surface area contributed by atoms with Crippen LogP contribution in [0.4, 0.5) is 0 Å². The largest absolute Gasteiger partial charge is 0.477 e. The number of fused-ring (bicyclic) bond motifs is 1. The summed E-state index contributed by atoms with van der Waals surface area (Å²) in [7, 11) is 0. The summed E-state index contributed by atoms with van der Waals surface area (Å²) in [5.74, 6) is -0.968. The molecule has 3 rings (SSSR count). The summed E-state index contributed by atoms with van der Waals surface area (Å²) < 4.78 is 1.72. The van der Waals surface area contributed by atoms with Gasteiger partial charge in [-0.25, -0.2) is 9.78 Å². The Kier molecular flexibility index (Phi) is 3.26. The lowest BCUT2D eigenvalue weighted by molar-refractivity contribution is 0.0688. The van der Waals surface area contributed by atoms with Crippen LogP contribution in [-0.2, 0) is 0 Å². The molecule has 1 N–H and O–H groups in total. The van der Waals surface area contributed by atoms with E-state index >= 15 is 0 Å². The van der Waals surface area contributed by atoms with E-state index in [4.69, 9.17) is 11.6 Å². The predicted molar refractivity (Wildman–Crippen MR) is 84.7 cm³/mol. The highest BCUT2D eigenvalue weighted by molar-refractivity contribution is 7.17. The first-order valence-corrected chi connectivity index (χ1v) is 7.58. The zero-order valence-electron chi connectivity index (χ0n) is 11.8. The molecule has 4 nitrogen and oxygen atoms in total. The number of halogens is 1. The summed E-state index contributed by atoms with van der Waals surface area (Å²) in [6.45, 7) is 5.62. The summed E-state index contributed by atoms with van der Waals surface area (Å²) in [5, 5.41) is 10.2. The fraction of sp³-hybridized carbons (Fsp3) is 0.200. The minimum atomic E-state index is -0.968. The fourth-order valence-corrected chi connectivity index (χ4v) is 3.65. The molecule has 6 heteroatoms. The van der Waals surface area contributed by atoms with Gasteiger partial charge in [-0.15, -0.1) is 11.3 Å². The molecule has 108 valence electrons. The van der Waals surface area contributed by atoms with Gasteiger partial charge < -0.3 is 5.11 Å². The molecule has 0 bridgehead atoms. The van der Waals surface area contributed by atoms with Gasteiger partial charge in [0.05, 0.1) is 11.4 Å². The topological polar surface area (TPSA) is 54.6 Å². The predicted octanol–water partition coefficient (Wildman–Crippen LogP) is 4.34. The van der Waals surface area contributed by atoms with Crippen LogP contribution in [0.15, 0.2) is 18.2 Å². The monoisotopic (exact) mass is 320 g/mol. The molecule has 2 aromatic heterocycles. The first-order chi connectivity index (χ1) is 9.90. The van der Waals surface area contributed by atoms with E-state index in [0.717, 1.165) is 21.7 Å². The Balaban J connectivity index is 2.38. The van der Waals surface area contributed by atoms with Crippen LogP contribution in [0, 0.1) is 20.8 Å². The first-order valence-electron chi connectivity index (χ1n) is 6.38. The molecule has 0 atom stereocenters. The number of aryl methyl sites for hydroxylation is 3. The number of hydrogen-bond donors (Lipinski definition) is 1. The van der Waals surface area contributed by atoms with Gasteiger partial charge in [0.25, 0.3) is 0 Å². The van der Waals surface area contributed by atoms with Gasteiger partial charge in [-0.3, -0.25) is 4.40 Å². The highest BCUT2D eigenvalue weighted by Crippen LogP contribution is 2.34. The summed E-state index contributed by atoms with van der Waals surface area (Å²) >= 11 is 7.57. The standard InChI is InChI=1S/C15H13ClN2O2S/c1-7-6-10(4-5-11(7)16)13-9(3)21-15-17-8(2)12(14(19)20)18(13)15/h4-6H,1-3H3,(H,19,20). The molecule has 0 fully saturated rings. The molecule has 0 saturated carbocycles. The van der Waals surface area contributed by atoms with E-state index in [1.165, 1.54) is 11.3 Å². The molecule has 0 spiro atoms. The minimum absolute atomic E-state index is 0.219. The Morgan fingerprint density at radius 2 is 2.05 bits per heavy atom. The van der Waals surface area contributed by atoms with Crippen molar-refractivity contribution in [3.63, 3.8) is 0 Å². The molecule has 0 saturated heterocycles.